The molecule has 1 amide bonds. The smallest absolute Gasteiger partial charge is 0.247 e. The Labute approximate surface area is 111 Å². The van der Waals surface area contributed by atoms with Gasteiger partial charge in [0.15, 0.2) is 0 Å². The van der Waals surface area contributed by atoms with Crippen molar-refractivity contribution in [1.82, 2.24) is 5.32 Å². The fourth-order valence-electron chi connectivity index (χ4n) is 1.21. The zero-order valence-corrected chi connectivity index (χ0v) is 11.6. The molecule has 0 saturated heterocycles. The van der Waals surface area contributed by atoms with Gasteiger partial charge in [0.05, 0.1) is 0 Å². The SMILES string of the molecule is CCC/C=C/NC(=O)\C=C/C=C\C=C/CCCC. The molecule has 100 valence electrons. The van der Waals surface area contributed by atoms with Gasteiger partial charge in [-0.05, 0) is 12.8 Å². The third-order valence-corrected chi connectivity index (χ3v) is 2.24. The van der Waals surface area contributed by atoms with Gasteiger partial charge in [-0.15, -0.1) is 0 Å². The standard InChI is InChI=1S/C16H25NO/c1-3-5-7-8-9-10-11-12-14-16(18)17-15-13-6-4-2/h8-15H,3-7H2,1-2H3,(H,17,18)/b9-8-,11-10-,14-12-,15-13+. The molecule has 2 heteroatoms. The van der Waals surface area contributed by atoms with Crippen molar-refractivity contribution in [3.05, 3.63) is 48.7 Å². The Balaban J connectivity index is 3.70. The molecule has 0 spiro atoms. The van der Waals surface area contributed by atoms with Crippen molar-refractivity contribution in [2.24, 2.45) is 0 Å². The minimum Gasteiger partial charge on any atom is -0.329 e. The quantitative estimate of drug-likeness (QED) is 0.368. The van der Waals surface area contributed by atoms with Crippen molar-refractivity contribution in [1.29, 1.82) is 0 Å². The Kier molecular flexibility index (Phi) is 12.3. The lowest BCUT2D eigenvalue weighted by Gasteiger charge is -1.91. The number of unbranched alkanes of at least 4 members (excludes halogenated alkanes) is 3. The topological polar surface area (TPSA) is 29.1 Å². The first-order valence-corrected chi connectivity index (χ1v) is 6.76. The van der Waals surface area contributed by atoms with Gasteiger partial charge in [-0.2, -0.15) is 0 Å². The molecule has 0 bridgehead atoms. The van der Waals surface area contributed by atoms with E-state index in [1.54, 1.807) is 12.3 Å². The predicted molar refractivity (Wildman–Crippen MR) is 79.1 cm³/mol. The zero-order chi connectivity index (χ0) is 13.5. The van der Waals surface area contributed by atoms with Gasteiger partial charge in [-0.3, -0.25) is 4.79 Å². The van der Waals surface area contributed by atoms with Crippen LogP contribution >= 0.6 is 0 Å². The lowest BCUT2D eigenvalue weighted by molar-refractivity contribution is -0.115. The van der Waals surface area contributed by atoms with Crippen LogP contribution in [0.3, 0.4) is 0 Å². The van der Waals surface area contributed by atoms with E-state index in [0.29, 0.717) is 0 Å². The van der Waals surface area contributed by atoms with Gasteiger partial charge in [0.25, 0.3) is 0 Å². The van der Waals surface area contributed by atoms with Gasteiger partial charge < -0.3 is 5.32 Å². The molecule has 18 heavy (non-hydrogen) atoms. The number of carbonyl (C=O) groups excluding carboxylic acids is 1. The third kappa shape index (κ3) is 12.5. The number of carbonyl (C=O) groups is 1. The molecule has 0 radical (unpaired) electrons. The molecule has 2 nitrogen and oxygen atoms in total. The Bertz CT molecular complexity index is 311. The van der Waals surface area contributed by atoms with Crippen molar-refractivity contribution < 1.29 is 4.79 Å². The fourth-order valence-corrected chi connectivity index (χ4v) is 1.21. The summed E-state index contributed by atoms with van der Waals surface area (Å²) in [7, 11) is 0. The van der Waals surface area contributed by atoms with E-state index in [4.69, 9.17) is 0 Å². The van der Waals surface area contributed by atoms with Crippen molar-refractivity contribution in [2.45, 2.75) is 46.0 Å². The Morgan fingerprint density at radius 1 is 0.944 bits per heavy atom. The molecule has 0 saturated carbocycles. The molecule has 1 N–H and O–H groups in total. The van der Waals surface area contributed by atoms with E-state index in [1.165, 1.54) is 18.9 Å². The molecule has 0 fully saturated rings. The Morgan fingerprint density at radius 3 is 2.44 bits per heavy atom. The van der Waals surface area contributed by atoms with Crippen LogP contribution in [0.1, 0.15) is 46.0 Å². The number of allylic oxidation sites excluding steroid dienone is 6. The van der Waals surface area contributed by atoms with Crippen molar-refractivity contribution in [3.8, 4) is 0 Å². The minimum absolute atomic E-state index is 0.0954. The maximum absolute atomic E-state index is 11.3. The summed E-state index contributed by atoms with van der Waals surface area (Å²) in [5.74, 6) is -0.0954. The molecular formula is C16H25NO. The minimum atomic E-state index is -0.0954. The lowest BCUT2D eigenvalue weighted by atomic mass is 10.2. The highest BCUT2D eigenvalue weighted by atomic mass is 16.1. The van der Waals surface area contributed by atoms with Crippen LogP contribution in [0, 0.1) is 0 Å². The Hall–Kier alpha value is -1.57. The Morgan fingerprint density at radius 2 is 1.72 bits per heavy atom. The highest BCUT2D eigenvalue weighted by Crippen LogP contribution is 1.94. The number of hydrogen-bond donors (Lipinski definition) is 1. The van der Waals surface area contributed by atoms with Gasteiger partial charge in [-0.25, -0.2) is 0 Å². The summed E-state index contributed by atoms with van der Waals surface area (Å²) in [6.07, 6.45) is 20.5. The van der Waals surface area contributed by atoms with E-state index in [1.807, 2.05) is 24.3 Å². The van der Waals surface area contributed by atoms with E-state index < -0.39 is 0 Å². The first-order valence-electron chi connectivity index (χ1n) is 6.76. The third-order valence-electron chi connectivity index (χ3n) is 2.24. The summed E-state index contributed by atoms with van der Waals surface area (Å²) in [6, 6.07) is 0. The maximum atomic E-state index is 11.3. The van der Waals surface area contributed by atoms with Crippen LogP contribution in [-0.2, 0) is 4.79 Å². The maximum Gasteiger partial charge on any atom is 0.247 e. The highest BCUT2D eigenvalue weighted by Gasteiger charge is 1.86. The van der Waals surface area contributed by atoms with E-state index in [0.717, 1.165) is 19.3 Å². The predicted octanol–water partition coefficient (Wildman–Crippen LogP) is 4.28. The average molecular weight is 247 g/mol. The summed E-state index contributed by atoms with van der Waals surface area (Å²) in [6.45, 7) is 4.28. The van der Waals surface area contributed by atoms with E-state index in [-0.39, 0.29) is 5.91 Å². The van der Waals surface area contributed by atoms with Gasteiger partial charge in [0.2, 0.25) is 5.91 Å². The summed E-state index contributed by atoms with van der Waals surface area (Å²) in [5.41, 5.74) is 0. The molecule has 0 aliphatic rings. The molecule has 0 rings (SSSR count). The highest BCUT2D eigenvalue weighted by molar-refractivity contribution is 5.88. The van der Waals surface area contributed by atoms with Crippen LogP contribution in [0.25, 0.3) is 0 Å². The second-order valence-corrected chi connectivity index (χ2v) is 4.01. The molecule has 0 heterocycles. The summed E-state index contributed by atoms with van der Waals surface area (Å²) in [5, 5.41) is 2.68. The van der Waals surface area contributed by atoms with Crippen LogP contribution in [0.15, 0.2) is 48.7 Å². The average Bonchev–Trinajstić information content (AvgIpc) is 2.38. The number of hydrogen-bond acceptors (Lipinski definition) is 1. The first-order chi connectivity index (χ1) is 8.81. The monoisotopic (exact) mass is 247 g/mol. The molecule has 0 atom stereocenters. The van der Waals surface area contributed by atoms with Gasteiger partial charge in [0, 0.05) is 12.3 Å². The van der Waals surface area contributed by atoms with Gasteiger partial charge in [0.1, 0.15) is 0 Å². The normalized spacial score (nSPS) is 12.3. The summed E-state index contributed by atoms with van der Waals surface area (Å²) < 4.78 is 0. The van der Waals surface area contributed by atoms with Crippen LogP contribution < -0.4 is 5.32 Å². The molecule has 0 aliphatic carbocycles. The zero-order valence-electron chi connectivity index (χ0n) is 11.6. The molecule has 0 aromatic rings. The van der Waals surface area contributed by atoms with Crippen LogP contribution in [0.5, 0.6) is 0 Å². The molecule has 0 aromatic carbocycles. The van der Waals surface area contributed by atoms with E-state index >= 15 is 0 Å². The van der Waals surface area contributed by atoms with Crippen LogP contribution in [0.4, 0.5) is 0 Å². The van der Waals surface area contributed by atoms with Gasteiger partial charge >= 0.3 is 0 Å². The lowest BCUT2D eigenvalue weighted by Crippen LogP contribution is -2.13. The van der Waals surface area contributed by atoms with Crippen LogP contribution in [-0.4, -0.2) is 5.91 Å². The molecule has 0 unspecified atom stereocenters. The van der Waals surface area contributed by atoms with E-state index in [9.17, 15) is 4.79 Å². The van der Waals surface area contributed by atoms with Crippen LogP contribution in [0.2, 0.25) is 0 Å². The van der Waals surface area contributed by atoms with E-state index in [2.05, 4.69) is 25.2 Å². The second-order valence-electron chi connectivity index (χ2n) is 4.01. The molecular weight excluding hydrogens is 222 g/mol. The summed E-state index contributed by atoms with van der Waals surface area (Å²) >= 11 is 0. The summed E-state index contributed by atoms with van der Waals surface area (Å²) in [4.78, 5) is 11.3. The largest absolute Gasteiger partial charge is 0.329 e. The first kappa shape index (κ1) is 16.4. The second kappa shape index (κ2) is 13.5. The molecule has 0 aromatic heterocycles. The van der Waals surface area contributed by atoms with Crippen molar-refractivity contribution in [3.63, 3.8) is 0 Å². The number of amides is 1. The number of nitrogens with one attached hydrogen (secondary N) is 1. The number of rotatable bonds is 9. The van der Waals surface area contributed by atoms with Crippen molar-refractivity contribution >= 4 is 5.91 Å². The van der Waals surface area contributed by atoms with Gasteiger partial charge in [-0.1, -0.05) is 69.6 Å². The molecule has 0 aliphatic heterocycles. The fraction of sp³-hybridized carbons (Fsp3) is 0.438. The van der Waals surface area contributed by atoms with Crippen molar-refractivity contribution in [2.75, 3.05) is 0 Å².